The summed E-state index contributed by atoms with van der Waals surface area (Å²) in [6.07, 6.45) is 7.02. The van der Waals surface area contributed by atoms with Crippen LogP contribution in [0, 0.1) is 0 Å². The Morgan fingerprint density at radius 2 is 2.10 bits per heavy atom. The van der Waals surface area contributed by atoms with Crippen molar-refractivity contribution in [2.45, 2.75) is 38.4 Å². The molecule has 1 aliphatic rings. The first-order valence-corrected chi connectivity index (χ1v) is 6.89. The van der Waals surface area contributed by atoms with Gasteiger partial charge in [-0.05, 0) is 42.3 Å². The molecule has 0 saturated carbocycles. The summed E-state index contributed by atoms with van der Waals surface area (Å²) in [6, 6.07) is 0. The van der Waals surface area contributed by atoms with Gasteiger partial charge in [0, 0.05) is 0 Å². The van der Waals surface area contributed by atoms with E-state index in [0.717, 1.165) is 5.25 Å². The summed E-state index contributed by atoms with van der Waals surface area (Å²) in [4.78, 5) is 0. The van der Waals surface area contributed by atoms with Crippen molar-refractivity contribution in [3.8, 4) is 0 Å². The Balaban J connectivity index is 2.56. The number of hydrogen-bond acceptors (Lipinski definition) is 0. The lowest BCUT2D eigenvalue weighted by Crippen LogP contribution is -2.13. The largest absolute Gasteiger partial charge is 0.241 e. The highest BCUT2D eigenvalue weighted by molar-refractivity contribution is 8.33. The van der Waals surface area contributed by atoms with Crippen LogP contribution in [-0.2, 0) is 0 Å². The van der Waals surface area contributed by atoms with E-state index < -0.39 is 0 Å². The molecule has 0 aliphatic carbocycles. The zero-order chi connectivity index (χ0) is 7.61. The minimum atomic E-state index is -0.133. The zero-order valence-electron chi connectivity index (χ0n) is 7.52. The van der Waals surface area contributed by atoms with Crippen LogP contribution in [0.5, 0.6) is 0 Å². The van der Waals surface area contributed by atoms with E-state index in [1.54, 1.807) is 5.75 Å². The highest BCUT2D eigenvalue weighted by Crippen LogP contribution is 2.56. The first kappa shape index (κ1) is 8.45. The minimum Gasteiger partial charge on any atom is -0.241 e. The third-order valence-electron chi connectivity index (χ3n) is 3.06. The van der Waals surface area contributed by atoms with Crippen molar-refractivity contribution in [1.82, 2.24) is 0 Å². The first-order valence-electron chi connectivity index (χ1n) is 4.45. The van der Waals surface area contributed by atoms with Crippen LogP contribution in [0.15, 0.2) is 0 Å². The van der Waals surface area contributed by atoms with E-state index in [1.165, 1.54) is 25.0 Å². The van der Waals surface area contributed by atoms with E-state index in [9.17, 15) is 0 Å². The second-order valence-corrected chi connectivity index (χ2v) is 7.87. The molecule has 1 heteroatoms. The second-order valence-electron chi connectivity index (χ2n) is 3.52. The molecule has 1 aliphatic heterocycles. The van der Waals surface area contributed by atoms with Crippen molar-refractivity contribution in [2.75, 3.05) is 17.8 Å². The quantitative estimate of drug-likeness (QED) is 0.582. The monoisotopic (exact) mass is 160 g/mol. The molecule has 0 aromatic heterocycles. The van der Waals surface area contributed by atoms with Gasteiger partial charge in [-0.3, -0.25) is 0 Å². The van der Waals surface area contributed by atoms with Gasteiger partial charge < -0.3 is 0 Å². The Bertz CT molecular complexity index is 111. The summed E-state index contributed by atoms with van der Waals surface area (Å²) in [7, 11) is -0.133. The lowest BCUT2D eigenvalue weighted by Gasteiger charge is -2.36. The average molecular weight is 160 g/mol. The van der Waals surface area contributed by atoms with Gasteiger partial charge in [0.05, 0.1) is 0 Å². The van der Waals surface area contributed by atoms with Crippen molar-refractivity contribution in [1.29, 1.82) is 0 Å². The van der Waals surface area contributed by atoms with Crippen LogP contribution in [0.25, 0.3) is 0 Å². The molecule has 10 heavy (non-hydrogen) atoms. The molecular weight excluding hydrogens is 140 g/mol. The Kier molecular flexibility index (Phi) is 2.67. The van der Waals surface area contributed by atoms with Gasteiger partial charge in [0.15, 0.2) is 0 Å². The maximum Gasteiger partial charge on any atom is -0.0117 e. The lowest BCUT2D eigenvalue weighted by atomic mass is 10.2. The maximum absolute atomic E-state index is 2.55. The molecule has 0 aromatic rings. The van der Waals surface area contributed by atoms with E-state index in [4.69, 9.17) is 0 Å². The van der Waals surface area contributed by atoms with Gasteiger partial charge in [-0.2, -0.15) is 0 Å². The summed E-state index contributed by atoms with van der Waals surface area (Å²) in [6.45, 7) is 4.74. The fraction of sp³-hybridized carbons (Fsp3) is 1.00. The summed E-state index contributed by atoms with van der Waals surface area (Å²) in [5.74, 6) is 3.02. The Labute approximate surface area is 66.7 Å². The molecule has 0 N–H and O–H groups in total. The van der Waals surface area contributed by atoms with Crippen molar-refractivity contribution < 1.29 is 0 Å². The van der Waals surface area contributed by atoms with Crippen LogP contribution in [0.1, 0.15) is 33.1 Å². The van der Waals surface area contributed by atoms with E-state index in [-0.39, 0.29) is 10.0 Å². The molecule has 1 heterocycles. The van der Waals surface area contributed by atoms with Gasteiger partial charge >= 0.3 is 0 Å². The molecule has 0 amide bonds. The average Bonchev–Trinajstić information content (AvgIpc) is 2.32. The molecular formula is C9H20S. The molecule has 62 valence electrons. The van der Waals surface area contributed by atoms with Gasteiger partial charge in [0.2, 0.25) is 0 Å². The molecule has 0 aromatic carbocycles. The van der Waals surface area contributed by atoms with Gasteiger partial charge in [0.25, 0.3) is 0 Å². The fourth-order valence-electron chi connectivity index (χ4n) is 2.08. The normalized spacial score (nSPS) is 46.9. The summed E-state index contributed by atoms with van der Waals surface area (Å²) in [5.41, 5.74) is 0. The van der Waals surface area contributed by atoms with E-state index in [0.29, 0.717) is 0 Å². The molecule has 0 spiro atoms. The smallest absolute Gasteiger partial charge is 0.0117 e. The van der Waals surface area contributed by atoms with Crippen LogP contribution in [-0.4, -0.2) is 23.0 Å². The maximum atomic E-state index is 2.55. The van der Waals surface area contributed by atoms with E-state index in [1.807, 2.05) is 0 Å². The highest BCUT2D eigenvalue weighted by atomic mass is 32.3. The topological polar surface area (TPSA) is 0 Å². The van der Waals surface area contributed by atoms with Crippen molar-refractivity contribution in [3.63, 3.8) is 0 Å². The number of rotatable bonds is 2. The second kappa shape index (κ2) is 3.17. The van der Waals surface area contributed by atoms with Gasteiger partial charge in [-0.15, -0.1) is 0 Å². The number of hydrogen-bond donors (Lipinski definition) is 0. The summed E-state index contributed by atoms with van der Waals surface area (Å²) in [5, 5.41) is 1.11. The third-order valence-corrected chi connectivity index (χ3v) is 7.78. The third kappa shape index (κ3) is 1.34. The van der Waals surface area contributed by atoms with Crippen LogP contribution in [0.4, 0.5) is 0 Å². The molecule has 1 fully saturated rings. The van der Waals surface area contributed by atoms with Crippen molar-refractivity contribution in [3.05, 3.63) is 0 Å². The molecule has 1 saturated heterocycles. The van der Waals surface area contributed by atoms with Gasteiger partial charge in [0.1, 0.15) is 0 Å². The van der Waals surface area contributed by atoms with Gasteiger partial charge in [-0.25, -0.2) is 10.0 Å². The first-order chi connectivity index (χ1) is 4.73. The standard InChI is InChI=1S/C9H20S/c1-4-9-7-6-8-10(9,3)5-2/h9H,4-8H2,1-3H3. The summed E-state index contributed by atoms with van der Waals surface area (Å²) < 4.78 is 0. The van der Waals surface area contributed by atoms with Crippen LogP contribution in [0.2, 0.25) is 0 Å². The molecule has 0 bridgehead atoms. The predicted octanol–water partition coefficient (Wildman–Crippen LogP) is 3.01. The minimum absolute atomic E-state index is 0.133. The zero-order valence-corrected chi connectivity index (χ0v) is 8.34. The molecule has 2 unspecified atom stereocenters. The van der Waals surface area contributed by atoms with Crippen molar-refractivity contribution in [2.24, 2.45) is 0 Å². The molecule has 1 rings (SSSR count). The Morgan fingerprint density at radius 1 is 1.40 bits per heavy atom. The van der Waals surface area contributed by atoms with Crippen LogP contribution in [0.3, 0.4) is 0 Å². The van der Waals surface area contributed by atoms with Crippen molar-refractivity contribution >= 4 is 10.0 Å². The van der Waals surface area contributed by atoms with Gasteiger partial charge in [-0.1, -0.05) is 13.8 Å². The SMILES string of the molecule is CCC1CCCS1(C)CC. The fourth-order valence-corrected chi connectivity index (χ4v) is 5.54. The molecule has 0 radical (unpaired) electrons. The lowest BCUT2D eigenvalue weighted by molar-refractivity contribution is 0.756. The summed E-state index contributed by atoms with van der Waals surface area (Å²) >= 11 is 0. The Hall–Kier alpha value is 0.350. The van der Waals surface area contributed by atoms with Crippen LogP contribution < -0.4 is 0 Å². The molecule has 0 nitrogen and oxygen atoms in total. The van der Waals surface area contributed by atoms with E-state index >= 15 is 0 Å². The Morgan fingerprint density at radius 3 is 2.50 bits per heavy atom. The van der Waals surface area contributed by atoms with E-state index in [2.05, 4.69) is 20.1 Å². The predicted molar refractivity (Wildman–Crippen MR) is 52.2 cm³/mol. The molecule has 2 atom stereocenters. The van der Waals surface area contributed by atoms with Crippen LogP contribution >= 0.6 is 10.0 Å². The highest BCUT2D eigenvalue weighted by Gasteiger charge is 2.30.